The number of hydrogen-bond donors (Lipinski definition) is 1. The summed E-state index contributed by atoms with van der Waals surface area (Å²) in [7, 11) is 1.27. The van der Waals surface area contributed by atoms with Gasteiger partial charge in [-0.25, -0.2) is 9.59 Å². The average molecular weight is 255 g/mol. The van der Waals surface area contributed by atoms with Crippen LogP contribution in [0.4, 0.5) is 4.79 Å². The number of ether oxygens (including phenoxy) is 2. The van der Waals surface area contributed by atoms with Gasteiger partial charge in [-0.2, -0.15) is 0 Å². The van der Waals surface area contributed by atoms with Crippen LogP contribution in [0.2, 0.25) is 0 Å². The fourth-order valence-corrected chi connectivity index (χ4v) is 1.32. The number of carbonyl (C=O) groups excluding carboxylic acids is 2. The van der Waals surface area contributed by atoms with Crippen molar-refractivity contribution < 1.29 is 23.5 Å². The van der Waals surface area contributed by atoms with E-state index in [4.69, 9.17) is 9.15 Å². The number of alkyl carbamates (subject to hydrolysis) is 1. The van der Waals surface area contributed by atoms with Crippen LogP contribution < -0.4 is 5.32 Å². The molecule has 1 heterocycles. The molecule has 1 atom stereocenters. The zero-order valence-corrected chi connectivity index (χ0v) is 10.6. The highest BCUT2D eigenvalue weighted by molar-refractivity contribution is 5.81. The highest BCUT2D eigenvalue weighted by Crippen LogP contribution is 2.05. The van der Waals surface area contributed by atoms with Gasteiger partial charge in [0, 0.05) is 0 Å². The van der Waals surface area contributed by atoms with Crippen LogP contribution in [0.5, 0.6) is 0 Å². The van der Waals surface area contributed by atoms with E-state index in [0.717, 1.165) is 0 Å². The number of carbonyl (C=O) groups is 2. The summed E-state index contributed by atoms with van der Waals surface area (Å²) < 4.78 is 14.5. The predicted molar refractivity (Wildman–Crippen MR) is 62.7 cm³/mol. The Bertz CT molecular complexity index is 385. The minimum absolute atomic E-state index is 0.0187. The van der Waals surface area contributed by atoms with Crippen LogP contribution in [0.1, 0.15) is 19.6 Å². The van der Waals surface area contributed by atoms with Crippen LogP contribution in [-0.2, 0) is 20.9 Å². The van der Waals surface area contributed by atoms with Crippen molar-refractivity contribution in [1.82, 2.24) is 5.32 Å². The average Bonchev–Trinajstić information content (AvgIpc) is 2.85. The van der Waals surface area contributed by atoms with Gasteiger partial charge in [0.25, 0.3) is 0 Å². The molecule has 1 aromatic heterocycles. The Balaban J connectivity index is 2.44. The molecule has 1 N–H and O–H groups in total. The van der Waals surface area contributed by atoms with E-state index in [-0.39, 0.29) is 12.5 Å². The van der Waals surface area contributed by atoms with Gasteiger partial charge >= 0.3 is 12.1 Å². The number of rotatable bonds is 5. The lowest BCUT2D eigenvalue weighted by Gasteiger charge is -2.19. The number of nitrogens with one attached hydrogen (secondary N) is 1. The zero-order chi connectivity index (χ0) is 13.5. The van der Waals surface area contributed by atoms with Crippen LogP contribution >= 0.6 is 0 Å². The molecule has 18 heavy (non-hydrogen) atoms. The van der Waals surface area contributed by atoms with Gasteiger partial charge in [0.2, 0.25) is 0 Å². The molecule has 1 amide bonds. The van der Waals surface area contributed by atoms with Crippen LogP contribution in [-0.4, -0.2) is 25.2 Å². The summed E-state index contributed by atoms with van der Waals surface area (Å²) in [6.07, 6.45) is 0.803. The summed E-state index contributed by atoms with van der Waals surface area (Å²) in [6.45, 7) is 3.62. The molecule has 0 saturated heterocycles. The molecule has 6 nitrogen and oxygen atoms in total. The third kappa shape index (κ3) is 4.12. The molecular weight excluding hydrogens is 238 g/mol. The maximum atomic E-state index is 11.5. The number of hydrogen-bond acceptors (Lipinski definition) is 5. The summed E-state index contributed by atoms with van der Waals surface area (Å²) in [6, 6.07) is 2.66. The van der Waals surface area contributed by atoms with Gasteiger partial charge in [0.15, 0.2) is 6.61 Å². The first kappa shape index (κ1) is 14.1. The van der Waals surface area contributed by atoms with Gasteiger partial charge in [0.1, 0.15) is 11.8 Å². The molecule has 0 aromatic carbocycles. The lowest BCUT2D eigenvalue weighted by Crippen LogP contribution is -2.45. The second-order valence-corrected chi connectivity index (χ2v) is 4.04. The molecule has 6 heteroatoms. The summed E-state index contributed by atoms with van der Waals surface area (Å²) in [5.41, 5.74) is 0. The fraction of sp³-hybridized carbons (Fsp3) is 0.500. The van der Waals surface area contributed by atoms with Crippen LogP contribution in [0.3, 0.4) is 0 Å². The predicted octanol–water partition coefficient (Wildman–Crippen LogP) is 1.70. The van der Waals surface area contributed by atoms with Crippen LogP contribution in [0.15, 0.2) is 22.8 Å². The van der Waals surface area contributed by atoms with Crippen molar-refractivity contribution in [3.8, 4) is 0 Å². The number of methoxy groups -OCH3 is 1. The molecule has 0 saturated carbocycles. The first-order chi connectivity index (χ1) is 8.54. The monoisotopic (exact) mass is 255 g/mol. The normalized spacial score (nSPS) is 12.0. The molecule has 0 aliphatic carbocycles. The Kier molecular flexibility index (Phi) is 5.23. The highest BCUT2D eigenvalue weighted by atomic mass is 16.6. The van der Waals surface area contributed by atoms with Crippen molar-refractivity contribution in [1.29, 1.82) is 0 Å². The zero-order valence-electron chi connectivity index (χ0n) is 10.6. The van der Waals surface area contributed by atoms with Crippen molar-refractivity contribution in [3.63, 3.8) is 0 Å². The summed E-state index contributed by atoms with van der Waals surface area (Å²) in [5.74, 6) is -0.0575. The molecule has 0 bridgehead atoms. The van der Waals surface area contributed by atoms with Crippen molar-refractivity contribution >= 4 is 12.1 Å². The second kappa shape index (κ2) is 6.68. The van der Waals surface area contributed by atoms with E-state index in [0.29, 0.717) is 5.76 Å². The Morgan fingerprint density at radius 2 is 2.17 bits per heavy atom. The van der Waals surface area contributed by atoms with E-state index in [1.54, 1.807) is 26.0 Å². The minimum Gasteiger partial charge on any atom is -0.467 e. The van der Waals surface area contributed by atoms with E-state index in [9.17, 15) is 9.59 Å². The first-order valence-corrected chi connectivity index (χ1v) is 5.58. The Labute approximate surface area is 105 Å². The maximum Gasteiger partial charge on any atom is 0.408 e. The van der Waals surface area contributed by atoms with E-state index >= 15 is 0 Å². The lowest BCUT2D eigenvalue weighted by molar-refractivity contribution is -0.144. The molecular formula is C12H17NO5. The largest absolute Gasteiger partial charge is 0.467 e. The molecule has 1 aromatic rings. The second-order valence-electron chi connectivity index (χ2n) is 4.04. The van der Waals surface area contributed by atoms with Gasteiger partial charge in [-0.1, -0.05) is 13.8 Å². The van der Waals surface area contributed by atoms with E-state index < -0.39 is 18.1 Å². The molecule has 0 aliphatic rings. The third-order valence-electron chi connectivity index (χ3n) is 2.32. The fourth-order valence-electron chi connectivity index (χ4n) is 1.32. The summed E-state index contributed by atoms with van der Waals surface area (Å²) in [5, 5.41) is 2.45. The molecule has 1 unspecified atom stereocenters. The van der Waals surface area contributed by atoms with Crippen molar-refractivity contribution in [3.05, 3.63) is 24.2 Å². The minimum atomic E-state index is -0.723. The molecule has 0 spiro atoms. The molecule has 100 valence electrons. The van der Waals surface area contributed by atoms with Gasteiger partial charge in [-0.15, -0.1) is 0 Å². The quantitative estimate of drug-likeness (QED) is 0.810. The Morgan fingerprint density at radius 1 is 1.44 bits per heavy atom. The van der Waals surface area contributed by atoms with Gasteiger partial charge in [0.05, 0.1) is 13.4 Å². The first-order valence-electron chi connectivity index (χ1n) is 5.58. The Hall–Kier alpha value is -1.98. The van der Waals surface area contributed by atoms with Crippen LogP contribution in [0, 0.1) is 5.92 Å². The van der Waals surface area contributed by atoms with Gasteiger partial charge in [-0.05, 0) is 18.1 Å². The van der Waals surface area contributed by atoms with Gasteiger partial charge < -0.3 is 19.2 Å². The third-order valence-corrected chi connectivity index (χ3v) is 2.32. The molecule has 0 aliphatic heterocycles. The maximum absolute atomic E-state index is 11.5. The molecule has 0 radical (unpaired) electrons. The SMILES string of the molecule is COC(=O)C(NC(=O)OCc1ccco1)C(C)C. The molecule has 1 rings (SSSR count). The van der Waals surface area contributed by atoms with Crippen LogP contribution in [0.25, 0.3) is 0 Å². The molecule has 0 fully saturated rings. The summed E-state index contributed by atoms with van der Waals surface area (Å²) in [4.78, 5) is 22.9. The Morgan fingerprint density at radius 3 is 2.67 bits per heavy atom. The highest BCUT2D eigenvalue weighted by Gasteiger charge is 2.25. The van der Waals surface area contributed by atoms with Crippen molar-refractivity contribution in [2.75, 3.05) is 7.11 Å². The number of esters is 1. The van der Waals surface area contributed by atoms with Crippen molar-refractivity contribution in [2.24, 2.45) is 5.92 Å². The van der Waals surface area contributed by atoms with E-state index in [1.165, 1.54) is 13.4 Å². The van der Waals surface area contributed by atoms with E-state index in [1.807, 2.05) is 0 Å². The van der Waals surface area contributed by atoms with Crippen molar-refractivity contribution in [2.45, 2.75) is 26.5 Å². The lowest BCUT2D eigenvalue weighted by atomic mass is 10.1. The summed E-state index contributed by atoms with van der Waals surface area (Å²) >= 11 is 0. The van der Waals surface area contributed by atoms with Gasteiger partial charge in [-0.3, -0.25) is 0 Å². The smallest absolute Gasteiger partial charge is 0.408 e. The number of amides is 1. The van der Waals surface area contributed by atoms with E-state index in [2.05, 4.69) is 10.1 Å². The topological polar surface area (TPSA) is 77.8 Å². The number of furan rings is 1. The standard InChI is InChI=1S/C12H17NO5/c1-8(2)10(11(14)16-3)13-12(15)18-7-9-5-4-6-17-9/h4-6,8,10H,7H2,1-3H3,(H,13,15).